The van der Waals surface area contributed by atoms with Crippen LogP contribution in [0.4, 0.5) is 0 Å². The predicted octanol–water partition coefficient (Wildman–Crippen LogP) is 1.57. The van der Waals surface area contributed by atoms with E-state index in [4.69, 9.17) is 5.73 Å². The third-order valence-corrected chi connectivity index (χ3v) is 3.52. The molecule has 15 heavy (non-hydrogen) atoms. The van der Waals surface area contributed by atoms with E-state index in [1.807, 2.05) is 30.6 Å². The Labute approximate surface area is 97.8 Å². The molecule has 0 rings (SSSR count). The first-order valence-corrected chi connectivity index (χ1v) is 6.93. The van der Waals surface area contributed by atoms with Crippen molar-refractivity contribution in [3.8, 4) is 0 Å². The van der Waals surface area contributed by atoms with E-state index in [-0.39, 0.29) is 11.8 Å². The smallest absolute Gasteiger partial charge is 0.226 e. The molecule has 0 aromatic heterocycles. The Morgan fingerprint density at radius 3 is 2.53 bits per heavy atom. The fraction of sp³-hybridized carbons (Fsp3) is 0.909. The Hall–Kier alpha value is -0.220. The van der Waals surface area contributed by atoms with Gasteiger partial charge in [0.2, 0.25) is 5.91 Å². The fourth-order valence-electron chi connectivity index (χ4n) is 1.43. The maximum atomic E-state index is 11.9. The van der Waals surface area contributed by atoms with Gasteiger partial charge in [0, 0.05) is 19.6 Å². The molecule has 2 unspecified atom stereocenters. The van der Waals surface area contributed by atoms with Gasteiger partial charge in [0.25, 0.3) is 0 Å². The number of rotatable bonds is 7. The minimum absolute atomic E-state index is 0.00766. The number of hydrogen-bond donors (Lipinski definition) is 1. The van der Waals surface area contributed by atoms with Crippen molar-refractivity contribution in [2.75, 3.05) is 25.6 Å². The molecule has 0 saturated carbocycles. The molecule has 90 valence electrons. The molecule has 0 bridgehead atoms. The lowest BCUT2D eigenvalue weighted by atomic mass is 10.0. The maximum Gasteiger partial charge on any atom is 0.226 e. The number of hydrogen-bond acceptors (Lipinski definition) is 3. The second-order valence-corrected chi connectivity index (χ2v) is 4.91. The Bertz CT molecular complexity index is 183. The van der Waals surface area contributed by atoms with Crippen LogP contribution in [-0.2, 0) is 4.79 Å². The van der Waals surface area contributed by atoms with Crippen molar-refractivity contribution >= 4 is 17.7 Å². The molecular formula is C11H24N2OS. The van der Waals surface area contributed by atoms with E-state index >= 15 is 0 Å². The molecule has 3 nitrogen and oxygen atoms in total. The van der Waals surface area contributed by atoms with Gasteiger partial charge in [-0.05, 0) is 31.8 Å². The van der Waals surface area contributed by atoms with Crippen molar-refractivity contribution in [1.82, 2.24) is 4.90 Å². The van der Waals surface area contributed by atoms with Crippen molar-refractivity contribution in [2.45, 2.75) is 32.7 Å². The summed E-state index contributed by atoms with van der Waals surface area (Å²) in [5.74, 6) is 1.28. The van der Waals surface area contributed by atoms with Crippen LogP contribution in [0.2, 0.25) is 0 Å². The molecule has 0 fully saturated rings. The summed E-state index contributed by atoms with van der Waals surface area (Å²) in [4.78, 5) is 13.8. The molecule has 1 amide bonds. The van der Waals surface area contributed by atoms with Crippen LogP contribution in [-0.4, -0.2) is 42.4 Å². The van der Waals surface area contributed by atoms with Crippen LogP contribution in [0.15, 0.2) is 0 Å². The van der Waals surface area contributed by atoms with Crippen LogP contribution < -0.4 is 5.73 Å². The molecule has 0 radical (unpaired) electrons. The van der Waals surface area contributed by atoms with E-state index in [0.29, 0.717) is 12.6 Å². The van der Waals surface area contributed by atoms with Gasteiger partial charge in [-0.2, -0.15) is 11.8 Å². The van der Waals surface area contributed by atoms with Crippen LogP contribution in [0.5, 0.6) is 0 Å². The monoisotopic (exact) mass is 232 g/mol. The van der Waals surface area contributed by atoms with Crippen molar-refractivity contribution < 1.29 is 4.79 Å². The van der Waals surface area contributed by atoms with Crippen molar-refractivity contribution in [2.24, 2.45) is 11.7 Å². The lowest BCUT2D eigenvalue weighted by molar-refractivity contribution is -0.135. The highest BCUT2D eigenvalue weighted by atomic mass is 32.2. The number of thioether (sulfide) groups is 1. The Kier molecular flexibility index (Phi) is 7.88. The van der Waals surface area contributed by atoms with Crippen LogP contribution in [0, 0.1) is 5.92 Å². The van der Waals surface area contributed by atoms with Gasteiger partial charge in [0.15, 0.2) is 0 Å². The lowest BCUT2D eigenvalue weighted by Crippen LogP contribution is -2.41. The van der Waals surface area contributed by atoms with Gasteiger partial charge in [-0.25, -0.2) is 0 Å². The van der Waals surface area contributed by atoms with E-state index in [0.717, 1.165) is 18.6 Å². The van der Waals surface area contributed by atoms with Crippen LogP contribution in [0.1, 0.15) is 26.7 Å². The zero-order chi connectivity index (χ0) is 11.8. The lowest BCUT2D eigenvalue weighted by Gasteiger charge is -2.28. The SMILES string of the molecule is CCC(CN)C(=O)N(C)C(C)CCSC. The molecule has 4 heteroatoms. The van der Waals surface area contributed by atoms with Gasteiger partial charge in [0.05, 0.1) is 5.92 Å². The standard InChI is InChI=1S/C11H24N2OS/c1-5-10(8-12)11(14)13(3)9(2)6-7-15-4/h9-10H,5-8,12H2,1-4H3. The summed E-state index contributed by atoms with van der Waals surface area (Å²) < 4.78 is 0. The van der Waals surface area contributed by atoms with Gasteiger partial charge < -0.3 is 10.6 Å². The van der Waals surface area contributed by atoms with Crippen molar-refractivity contribution in [3.63, 3.8) is 0 Å². The quantitative estimate of drug-likeness (QED) is 0.725. The molecule has 0 saturated heterocycles. The summed E-state index contributed by atoms with van der Waals surface area (Å²) in [7, 11) is 1.88. The van der Waals surface area contributed by atoms with E-state index in [2.05, 4.69) is 13.2 Å². The van der Waals surface area contributed by atoms with E-state index in [9.17, 15) is 4.79 Å². The first kappa shape index (κ1) is 14.8. The molecule has 0 aliphatic carbocycles. The second kappa shape index (κ2) is 7.99. The highest BCUT2D eigenvalue weighted by molar-refractivity contribution is 7.98. The maximum absolute atomic E-state index is 11.9. The summed E-state index contributed by atoms with van der Waals surface area (Å²) in [6, 6.07) is 0.311. The van der Waals surface area contributed by atoms with E-state index < -0.39 is 0 Å². The van der Waals surface area contributed by atoms with Gasteiger partial charge >= 0.3 is 0 Å². The number of carbonyl (C=O) groups excluding carboxylic acids is 1. The van der Waals surface area contributed by atoms with Crippen LogP contribution in [0.3, 0.4) is 0 Å². The number of amides is 1. The Morgan fingerprint density at radius 2 is 2.13 bits per heavy atom. The zero-order valence-electron chi connectivity index (χ0n) is 10.3. The average Bonchev–Trinajstić information content (AvgIpc) is 2.26. The van der Waals surface area contributed by atoms with Gasteiger partial charge in [0.1, 0.15) is 0 Å². The highest BCUT2D eigenvalue weighted by Crippen LogP contribution is 2.11. The summed E-state index contributed by atoms with van der Waals surface area (Å²) in [6.45, 7) is 4.56. The third kappa shape index (κ3) is 4.89. The molecule has 0 aliphatic heterocycles. The molecule has 0 aromatic rings. The Morgan fingerprint density at radius 1 is 1.53 bits per heavy atom. The topological polar surface area (TPSA) is 46.3 Å². The second-order valence-electron chi connectivity index (χ2n) is 3.92. The molecular weight excluding hydrogens is 208 g/mol. The van der Waals surface area contributed by atoms with Gasteiger partial charge in [-0.1, -0.05) is 6.92 Å². The third-order valence-electron chi connectivity index (χ3n) is 2.88. The van der Waals surface area contributed by atoms with E-state index in [1.165, 1.54) is 0 Å². The zero-order valence-corrected chi connectivity index (χ0v) is 11.1. The van der Waals surface area contributed by atoms with Crippen molar-refractivity contribution in [1.29, 1.82) is 0 Å². The minimum atomic E-state index is -0.00766. The largest absolute Gasteiger partial charge is 0.343 e. The summed E-state index contributed by atoms with van der Waals surface area (Å²) in [5, 5.41) is 0. The van der Waals surface area contributed by atoms with Crippen LogP contribution >= 0.6 is 11.8 Å². The molecule has 0 aliphatic rings. The van der Waals surface area contributed by atoms with Gasteiger partial charge in [-0.3, -0.25) is 4.79 Å². The van der Waals surface area contributed by atoms with Crippen molar-refractivity contribution in [3.05, 3.63) is 0 Å². The number of nitrogens with two attached hydrogens (primary N) is 1. The van der Waals surface area contributed by atoms with E-state index in [1.54, 1.807) is 0 Å². The number of carbonyl (C=O) groups is 1. The fourth-order valence-corrected chi connectivity index (χ4v) is 2.01. The normalized spacial score (nSPS) is 14.7. The molecule has 0 spiro atoms. The summed E-state index contributed by atoms with van der Waals surface area (Å²) in [6.07, 6.45) is 3.96. The first-order valence-electron chi connectivity index (χ1n) is 5.54. The highest BCUT2D eigenvalue weighted by Gasteiger charge is 2.22. The minimum Gasteiger partial charge on any atom is -0.343 e. The van der Waals surface area contributed by atoms with Gasteiger partial charge in [-0.15, -0.1) is 0 Å². The Balaban J connectivity index is 4.16. The summed E-state index contributed by atoms with van der Waals surface area (Å²) in [5.41, 5.74) is 5.57. The molecule has 0 heterocycles. The van der Waals surface area contributed by atoms with Crippen LogP contribution in [0.25, 0.3) is 0 Å². The first-order chi connectivity index (χ1) is 7.08. The number of nitrogens with zero attached hydrogens (tertiary/aromatic N) is 1. The summed E-state index contributed by atoms with van der Waals surface area (Å²) >= 11 is 1.82. The molecule has 2 N–H and O–H groups in total. The average molecular weight is 232 g/mol. The molecule has 0 aromatic carbocycles. The predicted molar refractivity (Wildman–Crippen MR) is 68.1 cm³/mol. The molecule has 2 atom stereocenters.